The van der Waals surface area contributed by atoms with Crippen molar-refractivity contribution in [1.82, 2.24) is 14.3 Å². The summed E-state index contributed by atoms with van der Waals surface area (Å²) in [5.41, 5.74) is 10.4. The van der Waals surface area contributed by atoms with Crippen molar-refractivity contribution < 1.29 is 13.5 Å². The first-order chi connectivity index (χ1) is 16.0. The average molecular weight is 470 g/mol. The van der Waals surface area contributed by atoms with Crippen LogP contribution in [0.3, 0.4) is 0 Å². The maximum absolute atomic E-state index is 13.6. The third-order valence-corrected chi connectivity index (χ3v) is 7.07. The number of halogens is 2. The summed E-state index contributed by atoms with van der Waals surface area (Å²) in [6.45, 7) is 2.06. The second-order valence-corrected chi connectivity index (χ2v) is 9.19. The van der Waals surface area contributed by atoms with E-state index in [9.17, 15) is 8.78 Å². The minimum absolute atomic E-state index is 0.221. The fourth-order valence-corrected chi connectivity index (χ4v) is 4.93. The van der Waals surface area contributed by atoms with Gasteiger partial charge in [0.1, 0.15) is 11.4 Å². The van der Waals surface area contributed by atoms with Crippen LogP contribution in [0.5, 0.6) is 5.75 Å². The number of nitrogens with zero attached hydrogens (tertiary/aromatic N) is 3. The molecule has 3 N–H and O–H groups in total. The van der Waals surface area contributed by atoms with Gasteiger partial charge in [-0.2, -0.15) is 8.78 Å². The van der Waals surface area contributed by atoms with Gasteiger partial charge in [0.05, 0.1) is 12.5 Å². The number of aromatic nitrogens is 2. The monoisotopic (exact) mass is 469 g/mol. The van der Waals surface area contributed by atoms with E-state index in [4.69, 9.17) is 15.5 Å². The van der Waals surface area contributed by atoms with Crippen LogP contribution in [-0.2, 0) is 6.42 Å². The molecule has 9 heteroatoms. The van der Waals surface area contributed by atoms with E-state index in [2.05, 4.69) is 20.5 Å². The number of piperidine rings is 1. The van der Waals surface area contributed by atoms with Crippen LogP contribution < -0.4 is 10.5 Å². The number of nitrogens with two attached hydrogens (primary N) is 1. The SMILES string of the molecule is CSN1CCC(N=CC(=CN)c2cnc3[nH]cc(-c4ccc5c(c4)OC(F)(F)C5)c3c2)CC1. The van der Waals surface area contributed by atoms with E-state index >= 15 is 0 Å². The normalized spacial score (nSPS) is 19.3. The van der Waals surface area contributed by atoms with E-state index in [1.807, 2.05) is 24.5 Å². The van der Waals surface area contributed by atoms with Crippen molar-refractivity contribution >= 4 is 34.8 Å². The molecule has 0 radical (unpaired) electrons. The van der Waals surface area contributed by atoms with Gasteiger partial charge in [0, 0.05) is 65.5 Å². The highest BCUT2D eigenvalue weighted by Crippen LogP contribution is 2.40. The van der Waals surface area contributed by atoms with Gasteiger partial charge in [-0.1, -0.05) is 24.1 Å². The van der Waals surface area contributed by atoms with Crippen molar-refractivity contribution in [3.8, 4) is 16.9 Å². The number of rotatable bonds is 5. The number of hydrogen-bond acceptors (Lipinski definition) is 6. The standard InChI is InChI=1S/C24H25F2N5OS/c1-33-31-6-4-19(5-7-31)28-13-18(11-27)17-8-20-21(14-30-23(20)29-12-17)15-2-3-16-10-24(25,26)32-22(16)9-15/h2-3,8-9,11-14,19H,4-7,10,27H2,1H3,(H,29,30). The lowest BCUT2D eigenvalue weighted by atomic mass is 10.0. The van der Waals surface area contributed by atoms with Crippen molar-refractivity contribution in [2.45, 2.75) is 31.4 Å². The van der Waals surface area contributed by atoms with Crippen LogP contribution in [0, 0.1) is 0 Å². The molecule has 0 saturated carbocycles. The minimum Gasteiger partial charge on any atom is -0.432 e. The summed E-state index contributed by atoms with van der Waals surface area (Å²) in [5, 5.41) is 0.873. The topological polar surface area (TPSA) is 79.5 Å². The summed E-state index contributed by atoms with van der Waals surface area (Å²) in [5.74, 6) is 0.221. The molecule has 6 nitrogen and oxygen atoms in total. The molecule has 2 aromatic heterocycles. The van der Waals surface area contributed by atoms with Gasteiger partial charge >= 0.3 is 6.11 Å². The maximum atomic E-state index is 13.6. The smallest absolute Gasteiger partial charge is 0.402 e. The third-order valence-electron chi connectivity index (χ3n) is 6.18. The summed E-state index contributed by atoms with van der Waals surface area (Å²) in [4.78, 5) is 12.5. The van der Waals surface area contributed by atoms with Crippen LogP contribution >= 0.6 is 11.9 Å². The molecule has 0 aliphatic carbocycles. The molecule has 1 fully saturated rings. The molecule has 1 aromatic carbocycles. The first-order valence-corrected chi connectivity index (χ1v) is 12.1. The number of hydrogen-bond donors (Lipinski definition) is 2. The Morgan fingerprint density at radius 3 is 2.91 bits per heavy atom. The number of nitrogens with one attached hydrogen (secondary N) is 1. The molecule has 4 heterocycles. The van der Waals surface area contributed by atoms with Crippen molar-refractivity contribution in [2.75, 3.05) is 19.3 Å². The number of aliphatic imine (C=N–C) groups is 1. The molecule has 0 amide bonds. The highest BCUT2D eigenvalue weighted by molar-refractivity contribution is 7.96. The van der Waals surface area contributed by atoms with Gasteiger partial charge in [0.25, 0.3) is 0 Å². The molecular weight excluding hydrogens is 444 g/mol. The fraction of sp³-hybridized carbons (Fsp3) is 0.333. The zero-order valence-corrected chi connectivity index (χ0v) is 19.0. The van der Waals surface area contributed by atoms with Crippen molar-refractivity contribution in [1.29, 1.82) is 0 Å². The molecule has 0 bridgehead atoms. The molecule has 33 heavy (non-hydrogen) atoms. The van der Waals surface area contributed by atoms with E-state index < -0.39 is 12.5 Å². The molecule has 0 unspecified atom stereocenters. The largest absolute Gasteiger partial charge is 0.432 e. The predicted octanol–water partition coefficient (Wildman–Crippen LogP) is 4.87. The number of allylic oxidation sites excluding steroid dienone is 1. The van der Waals surface area contributed by atoms with Crippen LogP contribution in [0.15, 0.2) is 47.9 Å². The van der Waals surface area contributed by atoms with Gasteiger partial charge in [0.2, 0.25) is 0 Å². The summed E-state index contributed by atoms with van der Waals surface area (Å²) < 4.78 is 34.4. The second-order valence-electron chi connectivity index (χ2n) is 8.30. The summed E-state index contributed by atoms with van der Waals surface area (Å²) in [7, 11) is 0. The van der Waals surface area contributed by atoms with Crippen LogP contribution in [0.1, 0.15) is 24.0 Å². The zero-order chi connectivity index (χ0) is 23.0. The number of benzene rings is 1. The van der Waals surface area contributed by atoms with E-state index in [0.29, 0.717) is 11.2 Å². The lowest BCUT2D eigenvalue weighted by molar-refractivity contribution is -0.159. The summed E-state index contributed by atoms with van der Waals surface area (Å²) in [6.07, 6.45) is 7.56. The van der Waals surface area contributed by atoms with Gasteiger partial charge in [-0.3, -0.25) is 9.30 Å². The van der Waals surface area contributed by atoms with Gasteiger partial charge in [-0.05, 0) is 36.8 Å². The zero-order valence-electron chi connectivity index (χ0n) is 18.2. The van der Waals surface area contributed by atoms with Gasteiger partial charge in [-0.15, -0.1) is 0 Å². The second kappa shape index (κ2) is 8.79. The lowest BCUT2D eigenvalue weighted by Crippen LogP contribution is -2.30. The first-order valence-electron chi connectivity index (χ1n) is 10.9. The maximum Gasteiger partial charge on any atom is 0.402 e. The highest BCUT2D eigenvalue weighted by Gasteiger charge is 2.39. The average Bonchev–Trinajstić information content (AvgIpc) is 3.38. The van der Waals surface area contributed by atoms with Crippen LogP contribution in [-0.4, -0.2) is 52.0 Å². The Hall–Kier alpha value is -2.91. The quantitative estimate of drug-likeness (QED) is 0.412. The first kappa shape index (κ1) is 21.9. The lowest BCUT2D eigenvalue weighted by Gasteiger charge is -2.27. The van der Waals surface area contributed by atoms with E-state index in [-0.39, 0.29) is 11.8 Å². The highest BCUT2D eigenvalue weighted by atomic mass is 32.2. The van der Waals surface area contributed by atoms with Gasteiger partial charge < -0.3 is 15.5 Å². The molecule has 0 atom stereocenters. The number of fused-ring (bicyclic) bond motifs is 2. The molecule has 172 valence electrons. The number of pyridine rings is 1. The molecule has 5 rings (SSSR count). The fourth-order valence-electron chi connectivity index (χ4n) is 4.36. The molecule has 2 aliphatic heterocycles. The molecule has 1 saturated heterocycles. The van der Waals surface area contributed by atoms with Gasteiger partial charge in [-0.25, -0.2) is 4.98 Å². The van der Waals surface area contributed by atoms with Crippen LogP contribution in [0.4, 0.5) is 8.78 Å². The Morgan fingerprint density at radius 1 is 1.33 bits per heavy atom. The number of aromatic amines is 1. The molecule has 2 aliphatic rings. The van der Waals surface area contributed by atoms with Crippen LogP contribution in [0.25, 0.3) is 27.7 Å². The minimum atomic E-state index is -3.15. The third kappa shape index (κ3) is 4.47. The van der Waals surface area contributed by atoms with Gasteiger partial charge in [0.15, 0.2) is 0 Å². The molecular formula is C24H25F2N5OS. The molecule has 0 spiro atoms. The number of ether oxygens (including phenoxy) is 1. The predicted molar refractivity (Wildman–Crippen MR) is 130 cm³/mol. The van der Waals surface area contributed by atoms with E-state index in [1.54, 1.807) is 36.5 Å². The van der Waals surface area contributed by atoms with Crippen LogP contribution in [0.2, 0.25) is 0 Å². The summed E-state index contributed by atoms with van der Waals surface area (Å²) in [6, 6.07) is 7.47. The molecule has 3 aromatic rings. The Morgan fingerprint density at radius 2 is 2.15 bits per heavy atom. The van der Waals surface area contributed by atoms with E-state index in [0.717, 1.165) is 53.6 Å². The van der Waals surface area contributed by atoms with E-state index in [1.165, 1.54) is 0 Å². The summed E-state index contributed by atoms with van der Waals surface area (Å²) >= 11 is 1.78. The number of alkyl halides is 2. The Kier molecular flexibility index (Phi) is 5.84. The van der Waals surface area contributed by atoms with Crippen molar-refractivity contribution in [2.24, 2.45) is 10.7 Å². The number of H-pyrrole nitrogens is 1. The van der Waals surface area contributed by atoms with Crippen molar-refractivity contribution in [3.05, 3.63) is 54.0 Å². The Labute approximate surface area is 195 Å². The Balaban J connectivity index is 1.41. The Bertz CT molecular complexity index is 1230. The van der Waals surface area contributed by atoms with Crippen molar-refractivity contribution in [3.63, 3.8) is 0 Å².